The standard InChI is InChI=1S/C18H34O2.C16H30O4/c1-2-3-4-5-6-7-8-9-10-11-12-13-14-15-16-17-18(19)20;1-2-3-4-8-11-14(16(19)20)12-9-6-5-7-10-13-15(17)18/h9-10H,2-8,11-17H2,1H3,(H,19,20);14H,2-13H2,1H3,(H,17,18)(H,19,20)/b10-9-;. The number of carboxylic acid groups (broad SMARTS) is 3. The second-order valence-corrected chi connectivity index (χ2v) is 11.3. The third-order valence-electron chi connectivity index (χ3n) is 7.35. The molecule has 0 aliphatic carbocycles. The molecule has 1 atom stereocenters. The van der Waals surface area contributed by atoms with Crippen LogP contribution in [0.3, 0.4) is 0 Å². The zero-order valence-corrected chi connectivity index (χ0v) is 26.2. The molecule has 0 radical (unpaired) electrons. The fourth-order valence-corrected chi connectivity index (χ4v) is 4.75. The summed E-state index contributed by atoms with van der Waals surface area (Å²) in [4.78, 5) is 31.8. The quantitative estimate of drug-likeness (QED) is 0.0611. The lowest BCUT2D eigenvalue weighted by Gasteiger charge is -2.11. The van der Waals surface area contributed by atoms with Crippen LogP contribution in [0, 0.1) is 5.92 Å². The van der Waals surface area contributed by atoms with E-state index >= 15 is 0 Å². The lowest BCUT2D eigenvalue weighted by molar-refractivity contribution is -0.142. The van der Waals surface area contributed by atoms with E-state index in [0.29, 0.717) is 6.42 Å². The van der Waals surface area contributed by atoms with E-state index in [0.717, 1.165) is 70.6 Å². The Morgan fingerprint density at radius 3 is 1.18 bits per heavy atom. The van der Waals surface area contributed by atoms with Crippen LogP contribution in [0.15, 0.2) is 12.2 Å². The molecule has 0 aromatic carbocycles. The molecule has 236 valence electrons. The van der Waals surface area contributed by atoms with Gasteiger partial charge >= 0.3 is 17.9 Å². The van der Waals surface area contributed by atoms with E-state index in [4.69, 9.17) is 15.3 Å². The van der Waals surface area contributed by atoms with Gasteiger partial charge in [-0.15, -0.1) is 0 Å². The van der Waals surface area contributed by atoms with Crippen LogP contribution < -0.4 is 0 Å². The Labute approximate surface area is 246 Å². The molecule has 0 rings (SSSR count). The summed E-state index contributed by atoms with van der Waals surface area (Å²) in [5.41, 5.74) is 0. The van der Waals surface area contributed by atoms with Crippen LogP contribution in [-0.2, 0) is 14.4 Å². The minimum Gasteiger partial charge on any atom is -0.481 e. The first-order valence-electron chi connectivity index (χ1n) is 16.7. The number of carbonyl (C=O) groups is 3. The van der Waals surface area contributed by atoms with Crippen molar-refractivity contribution in [1.82, 2.24) is 0 Å². The van der Waals surface area contributed by atoms with E-state index in [1.807, 2.05) is 0 Å². The van der Waals surface area contributed by atoms with E-state index in [2.05, 4.69) is 26.0 Å². The summed E-state index contributed by atoms with van der Waals surface area (Å²) in [6.07, 6.45) is 32.2. The van der Waals surface area contributed by atoms with Crippen molar-refractivity contribution < 1.29 is 29.7 Å². The van der Waals surface area contributed by atoms with Crippen molar-refractivity contribution in [1.29, 1.82) is 0 Å². The summed E-state index contributed by atoms with van der Waals surface area (Å²) in [5.74, 6) is -2.25. The van der Waals surface area contributed by atoms with Crippen LogP contribution in [0.25, 0.3) is 0 Å². The molecular weight excluding hydrogens is 504 g/mol. The summed E-state index contributed by atoms with van der Waals surface area (Å²) in [6.45, 7) is 4.41. The van der Waals surface area contributed by atoms with Gasteiger partial charge in [0.15, 0.2) is 0 Å². The molecule has 0 aromatic rings. The number of allylic oxidation sites excluding steroid dienone is 2. The second kappa shape index (κ2) is 33.4. The summed E-state index contributed by atoms with van der Waals surface area (Å²) in [5, 5.41) is 26.2. The van der Waals surface area contributed by atoms with E-state index in [9.17, 15) is 14.4 Å². The van der Waals surface area contributed by atoms with Crippen molar-refractivity contribution in [2.75, 3.05) is 0 Å². The molecule has 6 nitrogen and oxygen atoms in total. The van der Waals surface area contributed by atoms with Crippen LogP contribution in [0.5, 0.6) is 0 Å². The molecular formula is C34H64O6. The van der Waals surface area contributed by atoms with Crippen molar-refractivity contribution >= 4 is 17.9 Å². The van der Waals surface area contributed by atoms with Gasteiger partial charge < -0.3 is 15.3 Å². The van der Waals surface area contributed by atoms with E-state index in [1.165, 1.54) is 83.5 Å². The lowest BCUT2D eigenvalue weighted by Crippen LogP contribution is -2.13. The lowest BCUT2D eigenvalue weighted by atomic mass is 9.94. The van der Waals surface area contributed by atoms with Crippen LogP contribution in [-0.4, -0.2) is 33.2 Å². The molecule has 0 amide bonds. The average molecular weight is 569 g/mol. The van der Waals surface area contributed by atoms with Crippen molar-refractivity contribution in [2.24, 2.45) is 5.92 Å². The first-order chi connectivity index (χ1) is 19.3. The van der Waals surface area contributed by atoms with Gasteiger partial charge in [0.05, 0.1) is 5.92 Å². The second-order valence-electron chi connectivity index (χ2n) is 11.3. The molecule has 3 N–H and O–H groups in total. The monoisotopic (exact) mass is 568 g/mol. The minimum atomic E-state index is -0.733. The van der Waals surface area contributed by atoms with E-state index in [1.54, 1.807) is 0 Å². The van der Waals surface area contributed by atoms with Crippen molar-refractivity contribution in [3.05, 3.63) is 12.2 Å². The zero-order chi connectivity index (χ0) is 30.1. The third kappa shape index (κ3) is 36.1. The van der Waals surface area contributed by atoms with Crippen molar-refractivity contribution in [3.8, 4) is 0 Å². The predicted octanol–water partition coefficient (Wildman–Crippen LogP) is 10.6. The van der Waals surface area contributed by atoms with Gasteiger partial charge in [0, 0.05) is 12.8 Å². The molecule has 0 saturated carbocycles. The SMILES string of the molecule is CCCCCCC(CCCCCCCC(=O)O)C(=O)O.CCCCCCCC/C=C\CCCCCCCC(=O)O. The van der Waals surface area contributed by atoms with Crippen LogP contribution in [0.1, 0.15) is 181 Å². The van der Waals surface area contributed by atoms with Gasteiger partial charge in [-0.1, -0.05) is 129 Å². The first kappa shape index (κ1) is 40.3. The van der Waals surface area contributed by atoms with Gasteiger partial charge in [-0.2, -0.15) is 0 Å². The van der Waals surface area contributed by atoms with Gasteiger partial charge in [0.25, 0.3) is 0 Å². The van der Waals surface area contributed by atoms with Gasteiger partial charge in [-0.05, 0) is 51.4 Å². The molecule has 40 heavy (non-hydrogen) atoms. The molecule has 6 heteroatoms. The Balaban J connectivity index is 0. The highest BCUT2D eigenvalue weighted by atomic mass is 16.4. The van der Waals surface area contributed by atoms with Crippen LogP contribution in [0.4, 0.5) is 0 Å². The maximum atomic E-state index is 11.1. The molecule has 0 spiro atoms. The van der Waals surface area contributed by atoms with Gasteiger partial charge in [-0.25, -0.2) is 0 Å². The smallest absolute Gasteiger partial charge is 0.306 e. The highest BCUT2D eigenvalue weighted by Crippen LogP contribution is 2.19. The van der Waals surface area contributed by atoms with Crippen molar-refractivity contribution in [3.63, 3.8) is 0 Å². The Bertz CT molecular complexity index is 601. The Morgan fingerprint density at radius 1 is 0.475 bits per heavy atom. The van der Waals surface area contributed by atoms with Crippen LogP contribution >= 0.6 is 0 Å². The molecule has 0 fully saturated rings. The zero-order valence-electron chi connectivity index (χ0n) is 26.2. The first-order valence-corrected chi connectivity index (χ1v) is 16.7. The van der Waals surface area contributed by atoms with Gasteiger partial charge in [-0.3, -0.25) is 14.4 Å². The third-order valence-corrected chi connectivity index (χ3v) is 7.35. The highest BCUT2D eigenvalue weighted by Gasteiger charge is 2.16. The maximum Gasteiger partial charge on any atom is 0.306 e. The fourth-order valence-electron chi connectivity index (χ4n) is 4.75. The Hall–Kier alpha value is -1.85. The molecule has 1 unspecified atom stereocenters. The van der Waals surface area contributed by atoms with Gasteiger partial charge in [0.2, 0.25) is 0 Å². The molecule has 0 aliphatic rings. The summed E-state index contributed by atoms with van der Waals surface area (Å²) in [7, 11) is 0. The molecule has 0 saturated heterocycles. The largest absolute Gasteiger partial charge is 0.481 e. The van der Waals surface area contributed by atoms with Gasteiger partial charge in [0.1, 0.15) is 0 Å². The molecule has 0 heterocycles. The average Bonchev–Trinajstić information content (AvgIpc) is 2.91. The summed E-state index contributed by atoms with van der Waals surface area (Å²) < 4.78 is 0. The number of aliphatic carboxylic acids is 3. The summed E-state index contributed by atoms with van der Waals surface area (Å²) in [6, 6.07) is 0. The summed E-state index contributed by atoms with van der Waals surface area (Å²) >= 11 is 0. The van der Waals surface area contributed by atoms with Crippen molar-refractivity contribution in [2.45, 2.75) is 181 Å². The highest BCUT2D eigenvalue weighted by molar-refractivity contribution is 5.69. The minimum absolute atomic E-state index is 0.189. The normalized spacial score (nSPS) is 11.8. The number of hydrogen-bond acceptors (Lipinski definition) is 3. The Kier molecular flexibility index (Phi) is 33.6. The number of unbranched alkanes of at least 4 members (excludes halogenated alkanes) is 18. The van der Waals surface area contributed by atoms with E-state index < -0.39 is 17.9 Å². The molecule has 0 aromatic heterocycles. The molecule has 0 aliphatic heterocycles. The van der Waals surface area contributed by atoms with Crippen LogP contribution in [0.2, 0.25) is 0 Å². The Morgan fingerprint density at radius 2 is 0.800 bits per heavy atom. The number of hydrogen-bond donors (Lipinski definition) is 3. The number of rotatable bonds is 29. The topological polar surface area (TPSA) is 112 Å². The maximum absolute atomic E-state index is 11.1. The molecule has 0 bridgehead atoms. The fraction of sp³-hybridized carbons (Fsp3) is 0.853. The number of carboxylic acids is 3. The van der Waals surface area contributed by atoms with E-state index in [-0.39, 0.29) is 12.3 Å². The predicted molar refractivity (Wildman–Crippen MR) is 167 cm³/mol.